The smallest absolute Gasteiger partial charge is 0.249 e. The third kappa shape index (κ3) is 3.14. The van der Waals surface area contributed by atoms with Crippen molar-refractivity contribution in [3.63, 3.8) is 0 Å². The van der Waals surface area contributed by atoms with Crippen molar-refractivity contribution in [2.45, 2.75) is 31.2 Å². The molecule has 2 aromatic rings. The maximum absolute atomic E-state index is 5.91. The van der Waals surface area contributed by atoms with Crippen molar-refractivity contribution >= 4 is 0 Å². The average Bonchev–Trinajstić information content (AvgIpc) is 3.26. The summed E-state index contributed by atoms with van der Waals surface area (Å²) < 4.78 is 5.91. The fourth-order valence-corrected chi connectivity index (χ4v) is 3.69. The monoisotopic (exact) mass is 313 g/mol. The van der Waals surface area contributed by atoms with Crippen molar-refractivity contribution in [3.8, 4) is 11.5 Å². The quantitative estimate of drug-likeness (QED) is 0.864. The van der Waals surface area contributed by atoms with Gasteiger partial charge in [0.25, 0.3) is 0 Å². The van der Waals surface area contributed by atoms with Crippen molar-refractivity contribution < 1.29 is 4.42 Å². The Labute approximate surface area is 136 Å². The Morgan fingerprint density at radius 3 is 2.78 bits per heavy atom. The first-order chi connectivity index (χ1) is 11.3. The highest BCUT2D eigenvalue weighted by Crippen LogP contribution is 2.31. The number of likely N-dealkylation sites (tertiary alicyclic amines) is 2. The zero-order chi connectivity index (χ0) is 15.6. The summed E-state index contributed by atoms with van der Waals surface area (Å²) in [6, 6.07) is 4.55. The fourth-order valence-electron chi connectivity index (χ4n) is 3.69. The summed E-state index contributed by atoms with van der Waals surface area (Å²) in [5, 5.41) is 8.48. The van der Waals surface area contributed by atoms with Crippen LogP contribution in [0.5, 0.6) is 0 Å². The molecule has 1 atom stereocenters. The molecule has 0 amide bonds. The molecule has 4 heterocycles. The lowest BCUT2D eigenvalue weighted by molar-refractivity contribution is 0.141. The molecule has 2 aromatic heterocycles. The number of hydrogen-bond acceptors (Lipinski definition) is 6. The lowest BCUT2D eigenvalue weighted by Crippen LogP contribution is -2.42. The Kier molecular flexibility index (Phi) is 4.10. The summed E-state index contributed by atoms with van der Waals surface area (Å²) in [7, 11) is 2.21. The van der Waals surface area contributed by atoms with Gasteiger partial charge in [0.1, 0.15) is 0 Å². The topological polar surface area (TPSA) is 58.3 Å². The normalized spacial score (nSPS) is 24.3. The molecule has 2 fully saturated rings. The van der Waals surface area contributed by atoms with E-state index in [9.17, 15) is 0 Å². The van der Waals surface area contributed by atoms with E-state index in [1.165, 1.54) is 25.9 Å². The molecule has 0 bridgehead atoms. The van der Waals surface area contributed by atoms with E-state index in [2.05, 4.69) is 32.0 Å². The molecule has 4 rings (SSSR count). The molecule has 2 saturated heterocycles. The lowest BCUT2D eigenvalue weighted by atomic mass is 10.0. The van der Waals surface area contributed by atoms with E-state index in [0.717, 1.165) is 37.0 Å². The third-order valence-electron chi connectivity index (χ3n) is 5.12. The van der Waals surface area contributed by atoms with Crippen LogP contribution in [0.3, 0.4) is 0 Å². The molecule has 6 nitrogen and oxygen atoms in total. The van der Waals surface area contributed by atoms with Crippen LogP contribution in [0.1, 0.15) is 31.1 Å². The summed E-state index contributed by atoms with van der Waals surface area (Å²) in [4.78, 5) is 9.14. The molecular weight excluding hydrogens is 290 g/mol. The highest BCUT2D eigenvalue weighted by atomic mass is 16.4. The van der Waals surface area contributed by atoms with Crippen LogP contribution >= 0.6 is 0 Å². The molecule has 0 spiro atoms. The van der Waals surface area contributed by atoms with E-state index in [1.807, 2.05) is 12.1 Å². The van der Waals surface area contributed by atoms with Crippen molar-refractivity contribution in [1.82, 2.24) is 25.0 Å². The Bertz CT molecular complexity index is 635. The number of nitrogens with zero attached hydrogens (tertiary/aromatic N) is 5. The molecule has 6 heteroatoms. The van der Waals surface area contributed by atoms with Gasteiger partial charge in [0.2, 0.25) is 11.8 Å². The molecule has 2 aliphatic rings. The Balaban J connectivity index is 1.41. The van der Waals surface area contributed by atoms with Crippen LogP contribution in [-0.2, 0) is 0 Å². The molecule has 0 radical (unpaired) electrons. The summed E-state index contributed by atoms with van der Waals surface area (Å²) in [6.45, 7) is 4.60. The van der Waals surface area contributed by atoms with Crippen LogP contribution in [-0.4, -0.2) is 64.2 Å². The van der Waals surface area contributed by atoms with E-state index in [1.54, 1.807) is 12.4 Å². The zero-order valence-electron chi connectivity index (χ0n) is 13.6. The first-order valence-corrected chi connectivity index (χ1v) is 8.46. The van der Waals surface area contributed by atoms with Gasteiger partial charge in [-0.3, -0.25) is 9.88 Å². The molecule has 0 unspecified atom stereocenters. The maximum Gasteiger partial charge on any atom is 0.249 e. The van der Waals surface area contributed by atoms with Crippen LogP contribution in [0, 0.1) is 0 Å². The van der Waals surface area contributed by atoms with Crippen molar-refractivity contribution in [3.05, 3.63) is 30.4 Å². The summed E-state index contributed by atoms with van der Waals surface area (Å²) in [5.74, 6) is 1.72. The van der Waals surface area contributed by atoms with E-state index >= 15 is 0 Å². The number of pyridine rings is 1. The van der Waals surface area contributed by atoms with Gasteiger partial charge in [-0.2, -0.15) is 0 Å². The summed E-state index contributed by atoms with van der Waals surface area (Å²) in [5.41, 5.74) is 0.886. The number of aromatic nitrogens is 3. The van der Waals surface area contributed by atoms with Gasteiger partial charge in [-0.05, 0) is 58.1 Å². The highest BCUT2D eigenvalue weighted by Gasteiger charge is 2.33. The minimum atomic E-state index is 0.368. The van der Waals surface area contributed by atoms with Gasteiger partial charge in [0, 0.05) is 25.0 Å². The summed E-state index contributed by atoms with van der Waals surface area (Å²) >= 11 is 0. The van der Waals surface area contributed by atoms with E-state index in [4.69, 9.17) is 4.42 Å². The second-order valence-corrected chi connectivity index (χ2v) is 6.70. The van der Waals surface area contributed by atoms with Gasteiger partial charge in [0.15, 0.2) is 0 Å². The van der Waals surface area contributed by atoms with Crippen LogP contribution < -0.4 is 0 Å². The average molecular weight is 313 g/mol. The highest BCUT2D eigenvalue weighted by molar-refractivity contribution is 5.50. The Morgan fingerprint density at radius 2 is 2.00 bits per heavy atom. The van der Waals surface area contributed by atoms with Crippen LogP contribution in [0.2, 0.25) is 0 Å². The Morgan fingerprint density at radius 1 is 1.13 bits per heavy atom. The minimum Gasteiger partial charge on any atom is -0.420 e. The van der Waals surface area contributed by atoms with Crippen molar-refractivity contribution in [2.24, 2.45) is 0 Å². The van der Waals surface area contributed by atoms with E-state index < -0.39 is 0 Å². The minimum absolute atomic E-state index is 0.368. The van der Waals surface area contributed by atoms with Gasteiger partial charge in [-0.1, -0.05) is 0 Å². The van der Waals surface area contributed by atoms with Gasteiger partial charge < -0.3 is 9.32 Å². The number of rotatable bonds is 3. The van der Waals surface area contributed by atoms with Crippen LogP contribution in [0.4, 0.5) is 0 Å². The molecule has 23 heavy (non-hydrogen) atoms. The molecule has 0 aromatic carbocycles. The molecular formula is C17H23N5O. The molecule has 0 saturated carbocycles. The SMILES string of the molecule is CN1CCC(N2CC[C@H](c3nnc(-c4cccnc4)o3)C2)CC1. The van der Waals surface area contributed by atoms with Crippen molar-refractivity contribution in [1.29, 1.82) is 0 Å². The van der Waals surface area contributed by atoms with Gasteiger partial charge >= 0.3 is 0 Å². The maximum atomic E-state index is 5.91. The molecule has 122 valence electrons. The molecule has 0 aliphatic carbocycles. The zero-order valence-corrected chi connectivity index (χ0v) is 13.6. The first kappa shape index (κ1) is 14.8. The van der Waals surface area contributed by atoms with Gasteiger partial charge in [-0.25, -0.2) is 0 Å². The number of piperidine rings is 1. The van der Waals surface area contributed by atoms with Crippen molar-refractivity contribution in [2.75, 3.05) is 33.2 Å². The van der Waals surface area contributed by atoms with Gasteiger partial charge in [-0.15, -0.1) is 10.2 Å². The second-order valence-electron chi connectivity index (χ2n) is 6.70. The van der Waals surface area contributed by atoms with E-state index in [-0.39, 0.29) is 0 Å². The standard InChI is InChI=1S/C17H23N5O/c1-21-8-5-15(6-9-21)22-10-4-14(12-22)17-20-19-16(23-17)13-3-2-7-18-11-13/h2-3,7,11,14-15H,4-6,8-10,12H2,1H3/t14-/m0/s1. The van der Waals surface area contributed by atoms with Gasteiger partial charge in [0.05, 0.1) is 11.5 Å². The fraction of sp³-hybridized carbons (Fsp3) is 0.588. The third-order valence-corrected chi connectivity index (χ3v) is 5.12. The van der Waals surface area contributed by atoms with Crippen LogP contribution in [0.25, 0.3) is 11.5 Å². The summed E-state index contributed by atoms with van der Waals surface area (Å²) in [6.07, 6.45) is 7.16. The second kappa shape index (κ2) is 6.37. The number of hydrogen-bond donors (Lipinski definition) is 0. The molecule has 0 N–H and O–H groups in total. The predicted octanol–water partition coefficient (Wildman–Crippen LogP) is 2.02. The van der Waals surface area contributed by atoms with Crippen LogP contribution in [0.15, 0.2) is 28.9 Å². The lowest BCUT2D eigenvalue weighted by Gasteiger charge is -2.35. The van der Waals surface area contributed by atoms with E-state index in [0.29, 0.717) is 11.8 Å². The Hall–Kier alpha value is -1.79. The molecule has 2 aliphatic heterocycles. The first-order valence-electron chi connectivity index (χ1n) is 8.46. The largest absolute Gasteiger partial charge is 0.420 e. The predicted molar refractivity (Wildman–Crippen MR) is 87.0 cm³/mol.